The van der Waals surface area contributed by atoms with Crippen LogP contribution in [-0.4, -0.2) is 21.4 Å². The minimum absolute atomic E-state index is 0. The summed E-state index contributed by atoms with van der Waals surface area (Å²) in [5.41, 5.74) is 8.52. The van der Waals surface area contributed by atoms with Crippen LogP contribution in [0.25, 0.3) is 11.0 Å². The Balaban J connectivity index is 0.00000132. The molecule has 0 saturated heterocycles. The summed E-state index contributed by atoms with van der Waals surface area (Å²) in [5.74, 6) is 0.774. The van der Waals surface area contributed by atoms with E-state index >= 15 is 0 Å². The van der Waals surface area contributed by atoms with Gasteiger partial charge in [-0.25, -0.2) is 4.98 Å². The molecule has 2 aromatic rings. The Bertz CT molecular complexity index is 684. The van der Waals surface area contributed by atoms with E-state index in [1.807, 2.05) is 32.0 Å². The molecule has 0 bridgehead atoms. The van der Waals surface area contributed by atoms with Gasteiger partial charge in [0.25, 0.3) is 0 Å². The van der Waals surface area contributed by atoms with Gasteiger partial charge in [0.2, 0.25) is 5.91 Å². The third kappa shape index (κ3) is 4.16. The molecule has 1 aromatic carbocycles. The highest BCUT2D eigenvalue weighted by Gasteiger charge is 2.37. The van der Waals surface area contributed by atoms with Gasteiger partial charge in [0.1, 0.15) is 5.82 Å². The maximum Gasteiger partial charge on any atom is 0.229 e. The molecule has 0 aliphatic heterocycles. The zero-order chi connectivity index (χ0) is 15.0. The SMILES string of the molecule is Cc1nc2ccc(NC(=O)C3CCCCC3(C)N)cc2[nH]1.Cl.Cl. The van der Waals surface area contributed by atoms with Gasteiger partial charge in [-0.1, -0.05) is 12.8 Å². The lowest BCUT2D eigenvalue weighted by atomic mass is 9.74. The minimum Gasteiger partial charge on any atom is -0.342 e. The van der Waals surface area contributed by atoms with Crippen molar-refractivity contribution < 1.29 is 4.79 Å². The Morgan fingerprint density at radius 3 is 2.83 bits per heavy atom. The third-order valence-corrected chi connectivity index (χ3v) is 4.44. The first-order valence-electron chi connectivity index (χ1n) is 7.52. The smallest absolute Gasteiger partial charge is 0.229 e. The molecule has 4 N–H and O–H groups in total. The number of benzene rings is 1. The number of rotatable bonds is 2. The summed E-state index contributed by atoms with van der Waals surface area (Å²) in [6, 6.07) is 5.72. The van der Waals surface area contributed by atoms with Crippen LogP contribution in [0.2, 0.25) is 0 Å². The van der Waals surface area contributed by atoms with E-state index in [4.69, 9.17) is 5.73 Å². The number of nitrogens with zero attached hydrogens (tertiary/aromatic N) is 1. The molecule has 1 saturated carbocycles. The van der Waals surface area contributed by atoms with E-state index in [1.54, 1.807) is 0 Å². The molecule has 0 radical (unpaired) electrons. The minimum atomic E-state index is -0.406. The van der Waals surface area contributed by atoms with Crippen LogP contribution in [0.1, 0.15) is 38.4 Å². The molecule has 1 aromatic heterocycles. The van der Waals surface area contributed by atoms with E-state index in [2.05, 4.69) is 15.3 Å². The lowest BCUT2D eigenvalue weighted by molar-refractivity contribution is -0.122. The van der Waals surface area contributed by atoms with Crippen molar-refractivity contribution >= 4 is 47.4 Å². The molecule has 1 aliphatic rings. The van der Waals surface area contributed by atoms with Gasteiger partial charge in [-0.15, -0.1) is 24.8 Å². The van der Waals surface area contributed by atoms with Crippen LogP contribution in [0.3, 0.4) is 0 Å². The van der Waals surface area contributed by atoms with Gasteiger partial charge in [0, 0.05) is 11.2 Å². The number of amides is 1. The van der Waals surface area contributed by atoms with Gasteiger partial charge in [0.15, 0.2) is 0 Å². The summed E-state index contributed by atoms with van der Waals surface area (Å²) in [7, 11) is 0. The lowest BCUT2D eigenvalue weighted by Crippen LogP contribution is -2.51. The fourth-order valence-electron chi connectivity index (χ4n) is 3.23. The maximum absolute atomic E-state index is 12.5. The van der Waals surface area contributed by atoms with E-state index in [9.17, 15) is 4.79 Å². The Morgan fingerprint density at radius 1 is 1.39 bits per heavy atom. The first-order valence-corrected chi connectivity index (χ1v) is 7.52. The molecule has 1 heterocycles. The summed E-state index contributed by atoms with van der Waals surface area (Å²) >= 11 is 0. The average Bonchev–Trinajstić information content (AvgIpc) is 2.77. The van der Waals surface area contributed by atoms with E-state index < -0.39 is 5.54 Å². The Kier molecular flexibility index (Phi) is 6.45. The van der Waals surface area contributed by atoms with Crippen molar-refractivity contribution in [2.75, 3.05) is 5.32 Å². The van der Waals surface area contributed by atoms with Crippen LogP contribution in [0.5, 0.6) is 0 Å². The Labute approximate surface area is 148 Å². The topological polar surface area (TPSA) is 83.8 Å². The molecule has 128 valence electrons. The number of aromatic nitrogens is 2. The van der Waals surface area contributed by atoms with E-state index in [-0.39, 0.29) is 36.6 Å². The van der Waals surface area contributed by atoms with E-state index in [0.29, 0.717) is 0 Å². The molecule has 0 spiro atoms. The molecular weight excluding hydrogens is 335 g/mol. The number of hydrogen-bond donors (Lipinski definition) is 3. The van der Waals surface area contributed by atoms with Crippen LogP contribution in [0.15, 0.2) is 18.2 Å². The van der Waals surface area contributed by atoms with E-state index in [0.717, 1.165) is 48.2 Å². The first-order chi connectivity index (χ1) is 9.95. The number of carbonyl (C=O) groups is 1. The Morgan fingerprint density at radius 2 is 2.13 bits per heavy atom. The average molecular weight is 359 g/mol. The quantitative estimate of drug-likeness (QED) is 0.767. The number of aromatic amines is 1. The highest BCUT2D eigenvalue weighted by atomic mass is 35.5. The van der Waals surface area contributed by atoms with Gasteiger partial charge < -0.3 is 16.0 Å². The standard InChI is InChI=1S/C16H22N4O.2ClH/c1-10-18-13-7-6-11(9-14(13)19-10)20-15(21)12-5-3-4-8-16(12,2)17;;/h6-7,9,12H,3-5,8,17H2,1-2H3,(H,18,19)(H,20,21);2*1H. The first kappa shape index (κ1) is 19.7. The molecule has 1 amide bonds. The number of nitrogens with one attached hydrogen (secondary N) is 2. The van der Waals surface area contributed by atoms with Gasteiger partial charge in [-0.2, -0.15) is 0 Å². The second kappa shape index (κ2) is 7.51. The summed E-state index contributed by atoms with van der Waals surface area (Å²) in [6.45, 7) is 3.90. The van der Waals surface area contributed by atoms with Crippen molar-refractivity contribution in [3.05, 3.63) is 24.0 Å². The van der Waals surface area contributed by atoms with Crippen LogP contribution < -0.4 is 11.1 Å². The van der Waals surface area contributed by atoms with Crippen molar-refractivity contribution in [2.45, 2.75) is 45.1 Å². The van der Waals surface area contributed by atoms with Crippen molar-refractivity contribution in [1.82, 2.24) is 9.97 Å². The number of anilines is 1. The van der Waals surface area contributed by atoms with Gasteiger partial charge in [-0.3, -0.25) is 4.79 Å². The van der Waals surface area contributed by atoms with Crippen molar-refractivity contribution in [3.8, 4) is 0 Å². The number of hydrogen-bond acceptors (Lipinski definition) is 3. The summed E-state index contributed by atoms with van der Waals surface area (Å²) in [4.78, 5) is 20.0. The van der Waals surface area contributed by atoms with Crippen LogP contribution in [-0.2, 0) is 4.79 Å². The van der Waals surface area contributed by atoms with Gasteiger partial charge in [-0.05, 0) is 44.9 Å². The molecule has 1 aliphatic carbocycles. The number of halogens is 2. The van der Waals surface area contributed by atoms with Crippen LogP contribution in [0, 0.1) is 12.8 Å². The molecule has 23 heavy (non-hydrogen) atoms. The number of nitrogens with two attached hydrogens (primary N) is 1. The number of imidazole rings is 1. The van der Waals surface area contributed by atoms with Crippen molar-refractivity contribution in [3.63, 3.8) is 0 Å². The van der Waals surface area contributed by atoms with Crippen molar-refractivity contribution in [1.29, 1.82) is 0 Å². The van der Waals surface area contributed by atoms with Gasteiger partial charge in [0.05, 0.1) is 17.0 Å². The molecule has 7 heteroatoms. The zero-order valence-corrected chi connectivity index (χ0v) is 15.0. The number of fused-ring (bicyclic) bond motifs is 1. The molecule has 2 unspecified atom stereocenters. The number of H-pyrrole nitrogens is 1. The monoisotopic (exact) mass is 358 g/mol. The molecule has 1 fully saturated rings. The second-order valence-electron chi connectivity index (χ2n) is 6.35. The Hall–Kier alpha value is -1.30. The normalized spacial score (nSPS) is 23.7. The summed E-state index contributed by atoms with van der Waals surface area (Å²) < 4.78 is 0. The largest absolute Gasteiger partial charge is 0.342 e. The lowest BCUT2D eigenvalue weighted by Gasteiger charge is -2.37. The number of aryl methyl sites for hydroxylation is 1. The fraction of sp³-hybridized carbons (Fsp3) is 0.500. The summed E-state index contributed by atoms with van der Waals surface area (Å²) in [5, 5.41) is 3.00. The maximum atomic E-state index is 12.5. The fourth-order valence-corrected chi connectivity index (χ4v) is 3.23. The predicted octanol–water partition coefficient (Wildman–Crippen LogP) is 3.56. The zero-order valence-electron chi connectivity index (χ0n) is 13.4. The molecule has 2 atom stereocenters. The number of carbonyl (C=O) groups excluding carboxylic acids is 1. The second-order valence-corrected chi connectivity index (χ2v) is 6.35. The molecule has 5 nitrogen and oxygen atoms in total. The highest BCUT2D eigenvalue weighted by molar-refractivity contribution is 5.95. The van der Waals surface area contributed by atoms with Gasteiger partial charge >= 0.3 is 0 Å². The third-order valence-electron chi connectivity index (χ3n) is 4.44. The predicted molar refractivity (Wildman–Crippen MR) is 98.5 cm³/mol. The highest BCUT2D eigenvalue weighted by Crippen LogP contribution is 2.32. The van der Waals surface area contributed by atoms with Crippen LogP contribution in [0.4, 0.5) is 5.69 Å². The van der Waals surface area contributed by atoms with E-state index in [1.165, 1.54) is 0 Å². The summed E-state index contributed by atoms with van der Waals surface area (Å²) in [6.07, 6.45) is 3.95. The van der Waals surface area contributed by atoms with Crippen LogP contribution >= 0.6 is 24.8 Å². The molecular formula is C16H24Cl2N4O. The molecule has 3 rings (SSSR count). The van der Waals surface area contributed by atoms with Crippen molar-refractivity contribution in [2.24, 2.45) is 11.7 Å².